The fraction of sp³-hybridized carbons (Fsp3) is 0.905. The molecule has 0 heterocycles. The van der Waals surface area contributed by atoms with E-state index < -0.39 is 17.4 Å². The molecule has 0 spiro atoms. The smallest absolute Gasteiger partial charge is 0.549 e. The number of hydrogen-bond donors (Lipinski definition) is 0. The number of unbranched alkanes of at least 4 members (excludes halogenated alkanes) is 12. The van der Waals surface area contributed by atoms with Crippen LogP contribution < -0.4 is 80.5 Å². The van der Waals surface area contributed by atoms with Crippen molar-refractivity contribution in [3.63, 3.8) is 0 Å². The molecule has 6 heteroatoms. The molecule has 0 fully saturated rings. The summed E-state index contributed by atoms with van der Waals surface area (Å²) in [4.78, 5) is 23.0. The topological polar surface area (TPSA) is 80.3 Å². The van der Waals surface area contributed by atoms with E-state index in [9.17, 15) is 19.8 Å². The minimum Gasteiger partial charge on any atom is -0.549 e. The van der Waals surface area contributed by atoms with Gasteiger partial charge in [-0.2, -0.15) is 0 Å². The van der Waals surface area contributed by atoms with Crippen LogP contribution in [0.3, 0.4) is 0 Å². The Kier molecular flexibility index (Phi) is 26.6. The minimum absolute atomic E-state index is 0. The average Bonchev–Trinajstić information content (AvgIpc) is 2.57. The van der Waals surface area contributed by atoms with E-state index in [1.54, 1.807) is 0 Å². The number of carboxylic acid groups (broad SMARTS) is 2. The molecule has 0 aliphatic heterocycles. The van der Waals surface area contributed by atoms with Gasteiger partial charge in [0.1, 0.15) is 0 Å². The van der Waals surface area contributed by atoms with Gasteiger partial charge in [-0.15, -0.1) is 0 Å². The predicted octanol–water partition coefficient (Wildman–Crippen LogP) is -2.24. The Morgan fingerprint density at radius 3 is 1.15 bits per heavy atom. The summed E-state index contributed by atoms with van der Waals surface area (Å²) < 4.78 is 0. The molecule has 0 atom stereocenters. The van der Waals surface area contributed by atoms with Gasteiger partial charge in [-0.25, -0.2) is 0 Å². The molecule has 0 unspecified atom stereocenters. The van der Waals surface area contributed by atoms with E-state index >= 15 is 0 Å². The molecule has 0 aromatic heterocycles. The Hall–Kier alpha value is 1.17. The van der Waals surface area contributed by atoms with Gasteiger partial charge < -0.3 is 19.8 Å². The molecule has 0 aromatic carbocycles. The summed E-state index contributed by atoms with van der Waals surface area (Å²) in [6, 6.07) is 0. The predicted molar refractivity (Wildman–Crippen MR) is 97.7 cm³/mol. The van der Waals surface area contributed by atoms with Gasteiger partial charge in [0.25, 0.3) is 0 Å². The quantitative estimate of drug-likeness (QED) is 0.148. The summed E-state index contributed by atoms with van der Waals surface area (Å²) in [5.41, 5.74) is -1.80. The largest absolute Gasteiger partial charge is 1.00 e. The van der Waals surface area contributed by atoms with Crippen molar-refractivity contribution >= 4 is 11.9 Å². The maximum absolute atomic E-state index is 11.5. The van der Waals surface area contributed by atoms with E-state index in [1.807, 2.05) is 0 Å². The van der Waals surface area contributed by atoms with E-state index in [4.69, 9.17) is 0 Å². The van der Waals surface area contributed by atoms with E-state index in [0.29, 0.717) is 12.8 Å². The summed E-state index contributed by atoms with van der Waals surface area (Å²) in [6.45, 7) is 4.28. The van der Waals surface area contributed by atoms with Crippen molar-refractivity contribution in [3.05, 3.63) is 0 Å². The first-order valence-corrected chi connectivity index (χ1v) is 10.4. The van der Waals surface area contributed by atoms with Crippen LogP contribution in [0.15, 0.2) is 0 Å². The molecule has 0 bridgehead atoms. The molecule has 0 aliphatic carbocycles. The maximum Gasteiger partial charge on any atom is 1.00 e. The van der Waals surface area contributed by atoms with Gasteiger partial charge in [0.2, 0.25) is 0 Å². The fourth-order valence-corrected chi connectivity index (χ4v) is 3.38. The summed E-state index contributed by atoms with van der Waals surface area (Å²) in [5, 5.41) is 23.0. The molecule has 0 saturated heterocycles. The number of rotatable bonds is 18. The zero-order valence-corrected chi connectivity index (χ0v) is 21.6. The van der Waals surface area contributed by atoms with Gasteiger partial charge in [0, 0.05) is 5.41 Å². The van der Waals surface area contributed by atoms with Crippen LogP contribution in [0.4, 0.5) is 0 Å². The number of carboxylic acids is 2. The zero-order valence-electron chi connectivity index (χ0n) is 18.4. The summed E-state index contributed by atoms with van der Waals surface area (Å²) in [7, 11) is 0. The van der Waals surface area contributed by atoms with Gasteiger partial charge in [-0.3, -0.25) is 0 Å². The van der Waals surface area contributed by atoms with Crippen LogP contribution in [0.5, 0.6) is 0 Å². The van der Waals surface area contributed by atoms with Crippen LogP contribution in [-0.4, -0.2) is 11.9 Å². The third-order valence-corrected chi connectivity index (χ3v) is 5.20. The normalized spacial score (nSPS) is 10.7. The van der Waals surface area contributed by atoms with E-state index in [0.717, 1.165) is 38.5 Å². The first-order chi connectivity index (χ1) is 12.0. The van der Waals surface area contributed by atoms with Crippen LogP contribution in [0, 0.1) is 5.41 Å². The Labute approximate surface area is 221 Å². The van der Waals surface area contributed by atoms with Crippen molar-refractivity contribution < 1.29 is 90.0 Å². The molecule has 0 radical (unpaired) electrons. The monoisotopic (exact) mass is 400 g/mol. The molecular formula is C21H38KLiO4. The molecule has 0 rings (SSSR count). The van der Waals surface area contributed by atoms with Crippen molar-refractivity contribution in [3.8, 4) is 0 Å². The second-order valence-corrected chi connectivity index (χ2v) is 7.40. The molecule has 0 amide bonds. The third kappa shape index (κ3) is 15.6. The third-order valence-electron chi connectivity index (χ3n) is 5.20. The maximum atomic E-state index is 11.5. The Morgan fingerprint density at radius 1 is 0.593 bits per heavy atom. The second-order valence-electron chi connectivity index (χ2n) is 7.40. The summed E-state index contributed by atoms with van der Waals surface area (Å²) in [6.07, 6.45) is 15.1. The van der Waals surface area contributed by atoms with Gasteiger partial charge in [0.15, 0.2) is 0 Å². The van der Waals surface area contributed by atoms with Gasteiger partial charge in [0.05, 0.1) is 11.9 Å². The van der Waals surface area contributed by atoms with Crippen LogP contribution >= 0.6 is 0 Å². The second kappa shape index (κ2) is 21.9. The first kappa shape index (κ1) is 32.8. The molecule has 0 aliphatic rings. The first-order valence-electron chi connectivity index (χ1n) is 10.4. The van der Waals surface area contributed by atoms with E-state index in [2.05, 4.69) is 13.8 Å². The van der Waals surface area contributed by atoms with E-state index in [1.165, 1.54) is 38.5 Å². The number of hydrogen-bond acceptors (Lipinski definition) is 4. The zero-order chi connectivity index (χ0) is 19.0. The van der Waals surface area contributed by atoms with Gasteiger partial charge in [-0.1, -0.05) is 104 Å². The Bertz CT molecular complexity index is 350. The number of carbonyl (C=O) groups excluding carboxylic acids is 2. The van der Waals surface area contributed by atoms with Gasteiger partial charge in [-0.05, 0) is 12.8 Å². The molecule has 0 aromatic rings. The molecule has 4 nitrogen and oxygen atoms in total. The average molecular weight is 401 g/mol. The number of carbonyl (C=O) groups is 2. The van der Waals surface area contributed by atoms with Crippen LogP contribution in [0.25, 0.3) is 0 Å². The molecule has 0 saturated carbocycles. The molecule has 0 N–H and O–H groups in total. The SMILES string of the molecule is CCCCCCCCCCCCC(CCCCCC)(C(=O)[O-])C(=O)[O-].[K+].[Li+]. The van der Waals surface area contributed by atoms with Crippen molar-refractivity contribution in [2.45, 2.75) is 117 Å². The van der Waals surface area contributed by atoms with Gasteiger partial charge >= 0.3 is 70.2 Å². The Morgan fingerprint density at radius 2 is 0.852 bits per heavy atom. The summed E-state index contributed by atoms with van der Waals surface area (Å²) >= 11 is 0. The fourth-order valence-electron chi connectivity index (χ4n) is 3.38. The summed E-state index contributed by atoms with van der Waals surface area (Å²) in [5.74, 6) is -2.94. The van der Waals surface area contributed by atoms with Crippen LogP contribution in [0.2, 0.25) is 0 Å². The number of aliphatic carboxylic acids is 2. The molecule has 27 heavy (non-hydrogen) atoms. The van der Waals surface area contributed by atoms with Crippen LogP contribution in [-0.2, 0) is 9.59 Å². The van der Waals surface area contributed by atoms with Crippen molar-refractivity contribution in [2.24, 2.45) is 5.41 Å². The van der Waals surface area contributed by atoms with Crippen molar-refractivity contribution in [1.29, 1.82) is 0 Å². The van der Waals surface area contributed by atoms with Crippen molar-refractivity contribution in [1.82, 2.24) is 0 Å². The minimum atomic E-state index is -1.80. The van der Waals surface area contributed by atoms with Crippen molar-refractivity contribution in [2.75, 3.05) is 0 Å². The standard InChI is InChI=1S/C21H40O4.K.Li/c1-3-5-7-9-10-11-12-13-14-16-18-21(19(22)23,20(24)25)17-15-8-6-4-2;;/h3-18H2,1-2H3,(H,22,23)(H,24,25);;/q;2*+1/p-2. The molecule has 148 valence electrons. The molecular weight excluding hydrogens is 362 g/mol. The van der Waals surface area contributed by atoms with Crippen LogP contribution in [0.1, 0.15) is 117 Å². The van der Waals surface area contributed by atoms with E-state index in [-0.39, 0.29) is 83.1 Å². The Balaban J connectivity index is -0.00000288.